The molecule has 1 amide bonds. The number of hydrogen-bond acceptors (Lipinski definition) is 4. The number of aromatic nitrogens is 3. The van der Waals surface area contributed by atoms with Crippen molar-refractivity contribution in [1.29, 1.82) is 0 Å². The molecule has 1 aromatic carbocycles. The third-order valence-corrected chi connectivity index (χ3v) is 7.65. The molecule has 4 rings (SSSR count). The standard InChI is InChI=1S/C24H31F4N5O/c1-16(2)23(22(34)30-13-17-9-18(24(26,27)28)11-19(25)10-17)6-3-21(12-23)32-7-4-20(5-8-32)33-15-29-14-31-33/h9-11,14-16,20-21H,3-8,12-13H2,1-2H3,(H,30,34)/t21-,23+/m1/s1. The lowest BCUT2D eigenvalue weighted by molar-refractivity contribution is -0.137. The van der Waals surface area contributed by atoms with Crippen molar-refractivity contribution in [3.05, 3.63) is 47.8 Å². The zero-order valence-electron chi connectivity index (χ0n) is 19.5. The van der Waals surface area contributed by atoms with Gasteiger partial charge in [0.05, 0.1) is 17.0 Å². The summed E-state index contributed by atoms with van der Waals surface area (Å²) in [7, 11) is 0. The Labute approximate surface area is 196 Å². The zero-order valence-corrected chi connectivity index (χ0v) is 19.5. The number of rotatable bonds is 6. The van der Waals surface area contributed by atoms with Gasteiger partial charge in [-0.1, -0.05) is 13.8 Å². The number of likely N-dealkylation sites (tertiary alicyclic amines) is 1. The molecule has 2 fully saturated rings. The smallest absolute Gasteiger partial charge is 0.352 e. The van der Waals surface area contributed by atoms with Gasteiger partial charge >= 0.3 is 6.18 Å². The molecule has 2 aromatic rings. The predicted molar refractivity (Wildman–Crippen MR) is 118 cm³/mol. The van der Waals surface area contributed by atoms with Crippen LogP contribution in [0.5, 0.6) is 0 Å². The van der Waals surface area contributed by atoms with Crippen LogP contribution in [-0.2, 0) is 17.5 Å². The van der Waals surface area contributed by atoms with Crippen LogP contribution in [-0.4, -0.2) is 44.7 Å². The molecule has 6 nitrogen and oxygen atoms in total. The monoisotopic (exact) mass is 481 g/mol. The van der Waals surface area contributed by atoms with E-state index in [-0.39, 0.29) is 30.0 Å². The number of piperidine rings is 1. The number of alkyl halides is 3. The molecule has 10 heteroatoms. The lowest BCUT2D eigenvalue weighted by atomic mass is 9.74. The SMILES string of the molecule is CC(C)[C@]1(C(=O)NCc2cc(F)cc(C(F)(F)F)c2)CC[C@@H](N2CCC(n3cncn3)CC2)C1. The minimum Gasteiger partial charge on any atom is -0.352 e. The van der Waals surface area contributed by atoms with Gasteiger partial charge < -0.3 is 10.2 Å². The van der Waals surface area contributed by atoms with Crippen LogP contribution in [0.4, 0.5) is 17.6 Å². The number of benzene rings is 1. The van der Waals surface area contributed by atoms with Gasteiger partial charge in [-0.15, -0.1) is 0 Å². The summed E-state index contributed by atoms with van der Waals surface area (Å²) < 4.78 is 54.7. The van der Waals surface area contributed by atoms with Crippen molar-refractivity contribution in [2.24, 2.45) is 11.3 Å². The second-order valence-corrected chi connectivity index (χ2v) is 9.88. The Bertz CT molecular complexity index is 986. The van der Waals surface area contributed by atoms with Crippen LogP contribution in [0.25, 0.3) is 0 Å². The number of halogens is 4. The first-order valence-corrected chi connectivity index (χ1v) is 11.8. The van der Waals surface area contributed by atoms with Crippen molar-refractivity contribution in [2.75, 3.05) is 13.1 Å². The van der Waals surface area contributed by atoms with Gasteiger partial charge in [-0.2, -0.15) is 18.3 Å². The molecular weight excluding hydrogens is 450 g/mol. The number of nitrogens with one attached hydrogen (secondary N) is 1. The largest absolute Gasteiger partial charge is 0.416 e. The van der Waals surface area contributed by atoms with Crippen molar-refractivity contribution in [1.82, 2.24) is 25.0 Å². The summed E-state index contributed by atoms with van der Waals surface area (Å²) in [6.45, 7) is 5.75. The van der Waals surface area contributed by atoms with E-state index in [1.165, 1.54) is 0 Å². The molecule has 2 atom stereocenters. The first-order valence-electron chi connectivity index (χ1n) is 11.8. The molecule has 1 N–H and O–H groups in total. The van der Waals surface area contributed by atoms with Crippen LogP contribution in [0.2, 0.25) is 0 Å². The maximum absolute atomic E-state index is 13.7. The van der Waals surface area contributed by atoms with Crippen LogP contribution < -0.4 is 5.32 Å². The molecular formula is C24H31F4N5O. The third kappa shape index (κ3) is 5.11. The van der Waals surface area contributed by atoms with Gasteiger partial charge in [0.2, 0.25) is 5.91 Å². The molecule has 2 heterocycles. The molecule has 0 radical (unpaired) electrons. The Morgan fingerprint density at radius 2 is 1.91 bits per heavy atom. The Balaban J connectivity index is 1.38. The van der Waals surface area contributed by atoms with Gasteiger partial charge in [0.1, 0.15) is 18.5 Å². The molecule has 0 spiro atoms. The molecule has 0 bridgehead atoms. The number of carbonyl (C=O) groups is 1. The molecule has 1 aromatic heterocycles. The quantitative estimate of drug-likeness (QED) is 0.614. The second kappa shape index (κ2) is 9.64. The lowest BCUT2D eigenvalue weighted by Gasteiger charge is -2.38. The topological polar surface area (TPSA) is 63.1 Å². The first kappa shape index (κ1) is 24.6. The Hall–Kier alpha value is -2.49. The van der Waals surface area contributed by atoms with E-state index in [0.29, 0.717) is 18.5 Å². The summed E-state index contributed by atoms with van der Waals surface area (Å²) in [5, 5.41) is 7.06. The average molecular weight is 482 g/mol. The number of hydrogen-bond donors (Lipinski definition) is 1. The Morgan fingerprint density at radius 3 is 2.53 bits per heavy atom. The molecule has 1 aliphatic carbocycles. The van der Waals surface area contributed by atoms with E-state index >= 15 is 0 Å². The number of carbonyl (C=O) groups excluding carboxylic acids is 1. The lowest BCUT2D eigenvalue weighted by Crippen LogP contribution is -2.45. The maximum Gasteiger partial charge on any atom is 0.416 e. The molecule has 0 unspecified atom stereocenters. The van der Waals surface area contributed by atoms with Crippen molar-refractivity contribution in [3.63, 3.8) is 0 Å². The highest BCUT2D eigenvalue weighted by Gasteiger charge is 2.49. The summed E-state index contributed by atoms with van der Waals surface area (Å²) in [5.74, 6) is -1.06. The summed E-state index contributed by atoms with van der Waals surface area (Å²) in [6, 6.07) is 3.02. The van der Waals surface area contributed by atoms with Gasteiger partial charge in [0.25, 0.3) is 0 Å². The van der Waals surface area contributed by atoms with Crippen LogP contribution in [0.1, 0.15) is 63.1 Å². The fraction of sp³-hybridized carbons (Fsp3) is 0.625. The highest BCUT2D eigenvalue weighted by atomic mass is 19.4. The van der Waals surface area contributed by atoms with Crippen LogP contribution >= 0.6 is 0 Å². The number of nitrogens with zero attached hydrogens (tertiary/aromatic N) is 4. The summed E-state index contributed by atoms with van der Waals surface area (Å²) >= 11 is 0. The van der Waals surface area contributed by atoms with Crippen molar-refractivity contribution < 1.29 is 22.4 Å². The first-order chi connectivity index (χ1) is 16.1. The predicted octanol–water partition coefficient (Wildman–Crippen LogP) is 4.58. The van der Waals surface area contributed by atoms with E-state index in [1.807, 2.05) is 18.5 Å². The van der Waals surface area contributed by atoms with E-state index in [4.69, 9.17) is 0 Å². The van der Waals surface area contributed by atoms with Crippen LogP contribution in [0.15, 0.2) is 30.9 Å². The molecule has 1 aliphatic heterocycles. The summed E-state index contributed by atoms with van der Waals surface area (Å²) in [5.41, 5.74) is -1.54. The highest BCUT2D eigenvalue weighted by molar-refractivity contribution is 5.83. The minimum absolute atomic E-state index is 0.0726. The Morgan fingerprint density at radius 1 is 1.18 bits per heavy atom. The highest BCUT2D eigenvalue weighted by Crippen LogP contribution is 2.47. The van der Waals surface area contributed by atoms with Crippen LogP contribution in [0.3, 0.4) is 0 Å². The van der Waals surface area contributed by atoms with Gasteiger partial charge in [-0.05, 0) is 61.8 Å². The van der Waals surface area contributed by atoms with Crippen molar-refractivity contribution in [2.45, 2.75) is 70.8 Å². The normalized spacial score (nSPS) is 24.6. The van der Waals surface area contributed by atoms with Gasteiger partial charge in [0, 0.05) is 25.7 Å². The molecule has 186 valence electrons. The molecule has 1 saturated carbocycles. The third-order valence-electron chi connectivity index (χ3n) is 7.65. The molecule has 2 aliphatic rings. The minimum atomic E-state index is -4.64. The van der Waals surface area contributed by atoms with E-state index in [0.717, 1.165) is 50.9 Å². The van der Waals surface area contributed by atoms with E-state index in [9.17, 15) is 22.4 Å². The Kier molecular flexibility index (Phi) is 6.98. The van der Waals surface area contributed by atoms with Crippen molar-refractivity contribution >= 4 is 5.91 Å². The second-order valence-electron chi connectivity index (χ2n) is 9.88. The molecule has 34 heavy (non-hydrogen) atoms. The summed E-state index contributed by atoms with van der Waals surface area (Å²) in [4.78, 5) is 19.8. The maximum atomic E-state index is 13.7. The van der Waals surface area contributed by atoms with E-state index in [2.05, 4.69) is 20.3 Å². The fourth-order valence-corrected chi connectivity index (χ4v) is 5.55. The molecule has 1 saturated heterocycles. The zero-order chi connectivity index (χ0) is 24.5. The van der Waals surface area contributed by atoms with Crippen LogP contribution in [0, 0.1) is 17.2 Å². The van der Waals surface area contributed by atoms with E-state index in [1.54, 1.807) is 12.7 Å². The number of amides is 1. The summed E-state index contributed by atoms with van der Waals surface area (Å²) in [6.07, 6.45) is 2.94. The van der Waals surface area contributed by atoms with Crippen molar-refractivity contribution in [3.8, 4) is 0 Å². The van der Waals surface area contributed by atoms with Gasteiger partial charge in [-0.25, -0.2) is 14.1 Å². The van der Waals surface area contributed by atoms with E-state index < -0.39 is 23.0 Å². The average Bonchev–Trinajstić information content (AvgIpc) is 3.48. The van der Waals surface area contributed by atoms with Gasteiger partial charge in [0.15, 0.2) is 0 Å². The van der Waals surface area contributed by atoms with Gasteiger partial charge in [-0.3, -0.25) is 4.79 Å². The fourth-order valence-electron chi connectivity index (χ4n) is 5.55.